The van der Waals surface area contributed by atoms with Gasteiger partial charge in [-0.1, -0.05) is 0 Å². The Hall–Kier alpha value is -1.14. The van der Waals surface area contributed by atoms with E-state index in [1.165, 1.54) is 0 Å². The van der Waals surface area contributed by atoms with Crippen LogP contribution in [0.15, 0.2) is 0 Å². The Morgan fingerprint density at radius 3 is 1.46 bits per heavy atom. The van der Waals surface area contributed by atoms with Gasteiger partial charge in [-0.3, -0.25) is 14.5 Å². The van der Waals surface area contributed by atoms with Crippen molar-refractivity contribution in [3.8, 4) is 0 Å². The molecule has 0 atom stereocenters. The summed E-state index contributed by atoms with van der Waals surface area (Å²) in [6, 6.07) is 0. The molecule has 6 nitrogen and oxygen atoms in total. The second-order valence-electron chi connectivity index (χ2n) is 9.27. The average Bonchev–Trinajstić information content (AvgIpc) is 2.20. The minimum absolute atomic E-state index is 0.0955. The number of amides is 2. The molecule has 0 heterocycles. The fourth-order valence-corrected chi connectivity index (χ4v) is 2.02. The lowest BCUT2D eigenvalue weighted by Gasteiger charge is -2.28. The maximum Gasteiger partial charge on any atom is 0.234 e. The van der Waals surface area contributed by atoms with Crippen LogP contribution in [-0.2, 0) is 14.3 Å². The molecule has 0 rings (SSSR count). The Kier molecular flexibility index (Phi) is 8.39. The summed E-state index contributed by atoms with van der Waals surface area (Å²) < 4.78 is 5.72. The first-order valence-electron chi connectivity index (χ1n) is 8.56. The van der Waals surface area contributed by atoms with Gasteiger partial charge in [0.15, 0.2) is 0 Å². The van der Waals surface area contributed by atoms with Crippen molar-refractivity contribution in [2.75, 3.05) is 26.2 Å². The number of carbonyl (C=O) groups excluding carboxylic acids is 2. The fourth-order valence-electron chi connectivity index (χ4n) is 2.02. The molecule has 0 aliphatic heterocycles. The fraction of sp³-hybridized carbons (Fsp3) is 0.889. The first kappa shape index (κ1) is 22.9. The van der Waals surface area contributed by atoms with Gasteiger partial charge in [0.2, 0.25) is 11.8 Å². The van der Waals surface area contributed by atoms with Gasteiger partial charge in [0.1, 0.15) is 0 Å². The summed E-state index contributed by atoms with van der Waals surface area (Å²) in [5.74, 6) is -0.191. The van der Waals surface area contributed by atoms with E-state index in [-0.39, 0.29) is 41.6 Å². The minimum atomic E-state index is -0.293. The molecule has 0 aromatic rings. The van der Waals surface area contributed by atoms with Gasteiger partial charge in [0.05, 0.1) is 25.3 Å². The van der Waals surface area contributed by atoms with Crippen LogP contribution in [0.4, 0.5) is 0 Å². The Balaban J connectivity index is 4.70. The van der Waals surface area contributed by atoms with Crippen LogP contribution < -0.4 is 10.6 Å². The minimum Gasteiger partial charge on any atom is -0.375 e. The highest BCUT2D eigenvalue weighted by Crippen LogP contribution is 2.07. The van der Waals surface area contributed by atoms with Crippen molar-refractivity contribution < 1.29 is 14.3 Å². The molecule has 0 saturated carbocycles. The van der Waals surface area contributed by atoms with E-state index in [0.29, 0.717) is 13.2 Å². The molecule has 0 bridgehead atoms. The molecule has 0 aliphatic carbocycles. The van der Waals surface area contributed by atoms with E-state index in [0.717, 1.165) is 0 Å². The van der Waals surface area contributed by atoms with Gasteiger partial charge in [-0.15, -0.1) is 0 Å². The molecule has 0 spiro atoms. The van der Waals surface area contributed by atoms with Gasteiger partial charge < -0.3 is 15.4 Å². The molecule has 0 aromatic heterocycles. The van der Waals surface area contributed by atoms with Crippen molar-refractivity contribution in [3.63, 3.8) is 0 Å². The van der Waals surface area contributed by atoms with E-state index < -0.39 is 0 Å². The number of nitrogens with zero attached hydrogens (tertiary/aromatic N) is 1. The number of hydrogen-bond acceptors (Lipinski definition) is 4. The summed E-state index contributed by atoms with van der Waals surface area (Å²) in [6.45, 7) is 18.9. The van der Waals surface area contributed by atoms with Crippen molar-refractivity contribution in [2.45, 2.75) is 79.0 Å². The second kappa shape index (κ2) is 8.81. The normalized spacial score (nSPS) is 13.1. The number of nitrogens with one attached hydrogen (secondary N) is 2. The van der Waals surface area contributed by atoms with Crippen molar-refractivity contribution in [1.29, 1.82) is 0 Å². The molecular weight excluding hydrogens is 306 g/mol. The van der Waals surface area contributed by atoms with Crippen LogP contribution in [0.1, 0.15) is 62.3 Å². The van der Waals surface area contributed by atoms with Crippen LogP contribution in [0.2, 0.25) is 0 Å². The predicted octanol–water partition coefficient (Wildman–Crippen LogP) is 1.93. The molecular formula is C18H37N3O3. The van der Waals surface area contributed by atoms with Gasteiger partial charge in [0, 0.05) is 17.6 Å². The van der Waals surface area contributed by atoms with Crippen LogP contribution in [0.25, 0.3) is 0 Å². The summed E-state index contributed by atoms with van der Waals surface area (Å²) >= 11 is 0. The van der Waals surface area contributed by atoms with Crippen molar-refractivity contribution in [2.24, 2.45) is 0 Å². The van der Waals surface area contributed by atoms with Gasteiger partial charge in [0.25, 0.3) is 0 Å². The molecule has 24 heavy (non-hydrogen) atoms. The van der Waals surface area contributed by atoms with Crippen molar-refractivity contribution in [3.05, 3.63) is 0 Å². The molecule has 0 unspecified atom stereocenters. The standard InChI is InChI=1S/C18H37N3O3/c1-16(2,3)19-14(22)12-21(10-11-24-18(7,8)9)13-15(23)20-17(4,5)6/h10-13H2,1-9H3,(H,19,22)(H,20,23). The van der Waals surface area contributed by atoms with E-state index in [9.17, 15) is 9.59 Å². The Morgan fingerprint density at radius 1 is 0.792 bits per heavy atom. The van der Waals surface area contributed by atoms with Crippen molar-refractivity contribution in [1.82, 2.24) is 15.5 Å². The van der Waals surface area contributed by atoms with E-state index in [4.69, 9.17) is 4.74 Å². The van der Waals surface area contributed by atoms with Crippen LogP contribution in [0.3, 0.4) is 0 Å². The van der Waals surface area contributed by atoms with Gasteiger partial charge in [-0.2, -0.15) is 0 Å². The smallest absolute Gasteiger partial charge is 0.234 e. The maximum absolute atomic E-state index is 12.2. The lowest BCUT2D eigenvalue weighted by Crippen LogP contribution is -2.50. The Bertz CT molecular complexity index is 385. The van der Waals surface area contributed by atoms with Crippen LogP contribution in [0.5, 0.6) is 0 Å². The first-order chi connectivity index (χ1) is 10.6. The van der Waals surface area contributed by atoms with Gasteiger partial charge >= 0.3 is 0 Å². The van der Waals surface area contributed by atoms with E-state index in [2.05, 4.69) is 10.6 Å². The summed E-state index contributed by atoms with van der Waals surface area (Å²) in [5.41, 5.74) is -0.830. The highest BCUT2D eigenvalue weighted by Gasteiger charge is 2.21. The molecule has 0 aromatic carbocycles. The SMILES string of the molecule is CC(C)(C)NC(=O)CN(CCOC(C)(C)C)CC(=O)NC(C)(C)C. The number of hydrogen-bond donors (Lipinski definition) is 2. The summed E-state index contributed by atoms with van der Waals surface area (Å²) in [7, 11) is 0. The lowest BCUT2D eigenvalue weighted by atomic mass is 10.1. The molecule has 0 fully saturated rings. The van der Waals surface area contributed by atoms with Crippen LogP contribution in [0, 0.1) is 0 Å². The number of ether oxygens (including phenoxy) is 1. The third-order valence-electron chi connectivity index (χ3n) is 2.71. The molecule has 6 heteroatoms. The third-order valence-corrected chi connectivity index (χ3v) is 2.71. The van der Waals surface area contributed by atoms with Crippen molar-refractivity contribution >= 4 is 11.8 Å². The average molecular weight is 344 g/mol. The first-order valence-corrected chi connectivity index (χ1v) is 8.56. The molecule has 2 N–H and O–H groups in total. The second-order valence-corrected chi connectivity index (χ2v) is 9.27. The largest absolute Gasteiger partial charge is 0.375 e. The topological polar surface area (TPSA) is 70.7 Å². The summed E-state index contributed by atoms with van der Waals surface area (Å²) in [4.78, 5) is 26.2. The van der Waals surface area contributed by atoms with Crippen LogP contribution >= 0.6 is 0 Å². The summed E-state index contributed by atoms with van der Waals surface area (Å²) in [5, 5.41) is 5.85. The molecule has 0 saturated heterocycles. The highest BCUT2D eigenvalue weighted by atomic mass is 16.5. The van der Waals surface area contributed by atoms with Gasteiger partial charge in [-0.05, 0) is 62.3 Å². The van der Waals surface area contributed by atoms with Gasteiger partial charge in [-0.25, -0.2) is 0 Å². The lowest BCUT2D eigenvalue weighted by molar-refractivity contribution is -0.127. The molecule has 0 radical (unpaired) electrons. The van der Waals surface area contributed by atoms with E-state index >= 15 is 0 Å². The Morgan fingerprint density at radius 2 is 1.17 bits per heavy atom. The maximum atomic E-state index is 12.2. The van der Waals surface area contributed by atoms with E-state index in [1.807, 2.05) is 67.2 Å². The number of rotatable bonds is 7. The quantitative estimate of drug-likeness (QED) is 0.741. The number of carbonyl (C=O) groups is 2. The molecule has 2 amide bonds. The summed E-state index contributed by atoms with van der Waals surface area (Å²) in [6.07, 6.45) is 0. The highest BCUT2D eigenvalue weighted by molar-refractivity contribution is 5.81. The zero-order valence-electron chi connectivity index (χ0n) is 17.0. The predicted molar refractivity (Wildman–Crippen MR) is 97.9 cm³/mol. The van der Waals surface area contributed by atoms with Crippen LogP contribution in [-0.4, -0.2) is 59.6 Å². The zero-order valence-corrected chi connectivity index (χ0v) is 17.0. The molecule has 142 valence electrons. The zero-order chi connectivity index (χ0) is 19.2. The third kappa shape index (κ3) is 14.5. The molecule has 0 aliphatic rings. The monoisotopic (exact) mass is 343 g/mol. The Labute approximate surface area is 147 Å². The van der Waals surface area contributed by atoms with E-state index in [1.54, 1.807) is 0 Å².